The second kappa shape index (κ2) is 11.9. The van der Waals surface area contributed by atoms with E-state index in [2.05, 4.69) is 57.3 Å². The van der Waals surface area contributed by atoms with Gasteiger partial charge in [-0.3, -0.25) is 4.79 Å². The van der Waals surface area contributed by atoms with Gasteiger partial charge >= 0.3 is 6.08 Å². The molecular weight excluding hydrogens is 476 g/mol. The maximum absolute atomic E-state index is 13.0. The third-order valence-electron chi connectivity index (χ3n) is 5.50. The summed E-state index contributed by atoms with van der Waals surface area (Å²) < 4.78 is 22.0. The van der Waals surface area contributed by atoms with Gasteiger partial charge in [-0.25, -0.2) is 0 Å². The van der Waals surface area contributed by atoms with E-state index in [0.29, 0.717) is 18.2 Å². The Morgan fingerprint density at radius 1 is 1.08 bits per heavy atom. The van der Waals surface area contributed by atoms with Crippen LogP contribution in [-0.2, 0) is 5.41 Å². The number of methoxy groups -OCH3 is 2. The van der Waals surface area contributed by atoms with Crippen LogP contribution < -0.4 is 24.8 Å². The molecule has 2 N–H and O–H groups in total. The van der Waals surface area contributed by atoms with Gasteiger partial charge in [-0.05, 0) is 56.6 Å². The molecule has 200 valence electrons. The molecule has 0 atom stereocenters. The molecule has 2 heterocycles. The van der Waals surface area contributed by atoms with Crippen LogP contribution in [0, 0.1) is 6.92 Å². The number of amides is 1. The van der Waals surface area contributed by atoms with E-state index >= 15 is 0 Å². The molecule has 1 amide bonds. The monoisotopic (exact) mass is 512 g/mol. The Bertz CT molecular complexity index is 1190. The van der Waals surface area contributed by atoms with Crippen molar-refractivity contribution in [2.24, 2.45) is 0 Å². The Morgan fingerprint density at radius 3 is 2.35 bits per heavy atom. The Labute approximate surface area is 217 Å². The highest BCUT2D eigenvalue weighted by molar-refractivity contribution is 6.04. The van der Waals surface area contributed by atoms with Crippen LogP contribution >= 0.6 is 0 Å². The zero-order chi connectivity index (χ0) is 27.2. The second-order valence-electron chi connectivity index (χ2n) is 9.81. The minimum Gasteiger partial charge on any atom is -0.479 e. The van der Waals surface area contributed by atoms with Crippen molar-refractivity contribution in [1.29, 1.82) is 0 Å². The van der Waals surface area contributed by atoms with Gasteiger partial charge < -0.3 is 34.2 Å². The summed E-state index contributed by atoms with van der Waals surface area (Å²) in [5.41, 5.74) is 2.15. The molecule has 0 fully saturated rings. The van der Waals surface area contributed by atoms with E-state index in [1.165, 1.54) is 20.5 Å². The van der Waals surface area contributed by atoms with Crippen LogP contribution in [0.5, 0.6) is 23.6 Å². The van der Waals surface area contributed by atoms with E-state index in [0.717, 1.165) is 24.1 Å². The lowest BCUT2D eigenvalue weighted by Gasteiger charge is -2.20. The number of benzene rings is 1. The van der Waals surface area contributed by atoms with Crippen molar-refractivity contribution in [3.63, 3.8) is 0 Å². The van der Waals surface area contributed by atoms with Crippen LogP contribution in [0.1, 0.15) is 48.8 Å². The quantitative estimate of drug-likeness (QED) is 0.355. The summed E-state index contributed by atoms with van der Waals surface area (Å²) >= 11 is 0. The summed E-state index contributed by atoms with van der Waals surface area (Å²) in [5, 5.41) is 5.84. The fourth-order valence-electron chi connectivity index (χ4n) is 3.35. The van der Waals surface area contributed by atoms with Gasteiger partial charge in [0.1, 0.15) is 12.0 Å². The summed E-state index contributed by atoms with van der Waals surface area (Å²) in [7, 11) is 6.91. The second-order valence-corrected chi connectivity index (χ2v) is 9.81. The molecule has 0 bridgehead atoms. The standard InChI is InChI=1S/C26H36N6O5/c1-16-10-11-17(26(2,3)4)14-19(16)37-25-28-18(15-36-25)21(33)29-20-22(34-7)30-24(31-23(20)35-8)27-12-9-13-32(5)6/h10-11,14-15H,9,12-13H2,1-8H3,(H,29,33)(H,27,30,31). The molecular formula is C26H36N6O5. The summed E-state index contributed by atoms with van der Waals surface area (Å²) in [6.07, 6.45) is 2.07. The molecule has 0 aliphatic carbocycles. The number of hydrogen-bond donors (Lipinski definition) is 2. The zero-order valence-electron chi connectivity index (χ0n) is 22.8. The van der Waals surface area contributed by atoms with Gasteiger partial charge in [-0.15, -0.1) is 0 Å². The number of aromatic nitrogens is 3. The van der Waals surface area contributed by atoms with Crippen LogP contribution in [0.3, 0.4) is 0 Å². The average Bonchev–Trinajstić information content (AvgIpc) is 3.31. The van der Waals surface area contributed by atoms with E-state index in [9.17, 15) is 4.79 Å². The first-order valence-corrected chi connectivity index (χ1v) is 12.0. The number of carbonyl (C=O) groups is 1. The maximum Gasteiger partial charge on any atom is 0.399 e. The van der Waals surface area contributed by atoms with E-state index < -0.39 is 5.91 Å². The number of oxazole rings is 1. The Hall–Kier alpha value is -3.86. The number of nitrogens with zero attached hydrogens (tertiary/aromatic N) is 4. The molecule has 11 nitrogen and oxygen atoms in total. The number of hydrogen-bond acceptors (Lipinski definition) is 10. The molecule has 2 aromatic heterocycles. The molecule has 11 heteroatoms. The average molecular weight is 513 g/mol. The Balaban J connectivity index is 1.74. The normalized spacial score (nSPS) is 11.4. The molecule has 0 aliphatic rings. The topological polar surface area (TPSA) is 124 Å². The van der Waals surface area contributed by atoms with Gasteiger partial charge in [0.2, 0.25) is 17.7 Å². The van der Waals surface area contributed by atoms with E-state index in [-0.39, 0.29) is 34.6 Å². The number of carbonyl (C=O) groups excluding carboxylic acids is 1. The Morgan fingerprint density at radius 2 is 1.76 bits per heavy atom. The lowest BCUT2D eigenvalue weighted by atomic mass is 9.86. The van der Waals surface area contributed by atoms with Crippen molar-refractivity contribution in [2.75, 3.05) is 52.0 Å². The van der Waals surface area contributed by atoms with E-state index in [1.807, 2.05) is 33.2 Å². The smallest absolute Gasteiger partial charge is 0.399 e. The molecule has 0 saturated heterocycles. The van der Waals surface area contributed by atoms with Crippen molar-refractivity contribution < 1.29 is 23.4 Å². The van der Waals surface area contributed by atoms with Gasteiger partial charge in [0.25, 0.3) is 5.91 Å². The molecule has 3 rings (SSSR count). The van der Waals surface area contributed by atoms with Crippen molar-refractivity contribution in [3.8, 4) is 23.6 Å². The highest BCUT2D eigenvalue weighted by Gasteiger charge is 2.22. The van der Waals surface area contributed by atoms with E-state index in [1.54, 1.807) is 0 Å². The predicted molar refractivity (Wildman–Crippen MR) is 141 cm³/mol. The highest BCUT2D eigenvalue weighted by Crippen LogP contribution is 2.34. The van der Waals surface area contributed by atoms with Gasteiger partial charge in [-0.2, -0.15) is 15.0 Å². The molecule has 0 radical (unpaired) electrons. The Kier molecular flexibility index (Phi) is 8.93. The zero-order valence-corrected chi connectivity index (χ0v) is 22.8. The van der Waals surface area contributed by atoms with Crippen LogP contribution in [0.25, 0.3) is 0 Å². The van der Waals surface area contributed by atoms with Crippen LogP contribution in [0.2, 0.25) is 0 Å². The highest BCUT2D eigenvalue weighted by atomic mass is 16.6. The summed E-state index contributed by atoms with van der Waals surface area (Å²) in [6.45, 7) is 9.87. The van der Waals surface area contributed by atoms with E-state index in [4.69, 9.17) is 18.6 Å². The lowest BCUT2D eigenvalue weighted by molar-refractivity contribution is 0.102. The van der Waals surface area contributed by atoms with Crippen LogP contribution in [0.15, 0.2) is 28.9 Å². The number of aryl methyl sites for hydroxylation is 1. The maximum atomic E-state index is 13.0. The molecule has 1 aromatic carbocycles. The number of anilines is 2. The first-order valence-electron chi connectivity index (χ1n) is 12.0. The lowest BCUT2D eigenvalue weighted by Crippen LogP contribution is -2.18. The van der Waals surface area contributed by atoms with Gasteiger partial charge in [-0.1, -0.05) is 32.9 Å². The third-order valence-corrected chi connectivity index (χ3v) is 5.50. The van der Waals surface area contributed by atoms with Crippen molar-refractivity contribution in [3.05, 3.63) is 41.3 Å². The molecule has 0 saturated carbocycles. The first-order chi connectivity index (χ1) is 17.5. The molecule has 0 unspecified atom stereocenters. The van der Waals surface area contributed by atoms with Gasteiger partial charge in [0.05, 0.1) is 14.2 Å². The molecule has 0 aliphatic heterocycles. The summed E-state index contributed by atoms with van der Waals surface area (Å²) in [4.78, 5) is 27.9. The fourth-order valence-corrected chi connectivity index (χ4v) is 3.35. The fraction of sp³-hybridized carbons (Fsp3) is 0.462. The van der Waals surface area contributed by atoms with Crippen molar-refractivity contribution in [1.82, 2.24) is 19.9 Å². The SMILES string of the molecule is COc1nc(NCCCN(C)C)nc(OC)c1NC(=O)c1coc(Oc2cc(C(C)(C)C)ccc2C)n1. The van der Waals surface area contributed by atoms with Crippen molar-refractivity contribution >= 4 is 17.5 Å². The van der Waals surface area contributed by atoms with Crippen LogP contribution in [0.4, 0.5) is 11.6 Å². The minimum atomic E-state index is -0.564. The largest absolute Gasteiger partial charge is 0.479 e. The van der Waals surface area contributed by atoms with Gasteiger partial charge in [0, 0.05) is 6.54 Å². The number of rotatable bonds is 11. The number of ether oxygens (including phenoxy) is 3. The first kappa shape index (κ1) is 27.7. The minimum absolute atomic E-state index is 0.00891. The third kappa shape index (κ3) is 7.32. The summed E-state index contributed by atoms with van der Waals surface area (Å²) in [6, 6.07) is 5.98. The molecule has 3 aromatic rings. The number of nitrogens with one attached hydrogen (secondary N) is 2. The summed E-state index contributed by atoms with van der Waals surface area (Å²) in [5.74, 6) is 0.655. The molecule has 0 spiro atoms. The predicted octanol–water partition coefficient (Wildman–Crippen LogP) is 4.50. The molecule has 37 heavy (non-hydrogen) atoms. The van der Waals surface area contributed by atoms with Crippen LogP contribution in [-0.4, -0.2) is 67.2 Å². The van der Waals surface area contributed by atoms with Gasteiger partial charge in [0.15, 0.2) is 11.4 Å². The van der Waals surface area contributed by atoms with Crippen molar-refractivity contribution in [2.45, 2.75) is 39.5 Å².